The molecule has 8 aromatic carbocycles. The fourth-order valence-electron chi connectivity index (χ4n) is 7.51. The Hall–Kier alpha value is -7.17. The zero-order valence-electron chi connectivity index (χ0n) is 28.6. The molecule has 0 aliphatic carbocycles. The first-order valence-corrected chi connectivity index (χ1v) is 17.8. The van der Waals surface area contributed by atoms with E-state index in [0.717, 1.165) is 27.7 Å². The summed E-state index contributed by atoms with van der Waals surface area (Å²) in [6, 6.07) is 65.5. The van der Waals surface area contributed by atoms with Crippen molar-refractivity contribution in [3.05, 3.63) is 188 Å². The second kappa shape index (κ2) is 12.9. The molecule has 0 atom stereocenters. The Bertz CT molecular complexity index is 2840. The monoisotopic (exact) mass is 677 g/mol. The highest BCUT2D eigenvalue weighted by atomic mass is 16.3. The summed E-state index contributed by atoms with van der Waals surface area (Å²) in [6.45, 7) is 0. The minimum absolute atomic E-state index is 0.498. The molecule has 0 fully saturated rings. The molecule has 4 heteroatoms. The first-order chi connectivity index (χ1) is 26.3. The predicted octanol–water partition coefficient (Wildman–Crippen LogP) is 12.9. The first-order valence-electron chi connectivity index (χ1n) is 17.8. The van der Waals surface area contributed by atoms with Crippen molar-refractivity contribution in [1.29, 1.82) is 0 Å². The molecule has 0 saturated heterocycles. The van der Waals surface area contributed by atoms with Crippen molar-refractivity contribution in [1.82, 2.24) is 15.0 Å². The molecule has 0 saturated carbocycles. The second-order valence-electron chi connectivity index (χ2n) is 13.2. The lowest BCUT2D eigenvalue weighted by Crippen LogP contribution is -1.99. The lowest BCUT2D eigenvalue weighted by Gasteiger charge is -2.19. The Labute approximate surface area is 306 Å². The molecule has 10 rings (SSSR count). The maximum absolute atomic E-state index is 6.22. The Balaban J connectivity index is 1.13. The van der Waals surface area contributed by atoms with E-state index in [-0.39, 0.29) is 0 Å². The standard InChI is InChI=1S/C49H31N3O/c1-3-15-32(16-4-1)37-20-8-9-21-38(37)46-41-24-12-10-22-39(41)45(40-23-11-13-25-42(40)46)33-27-29-35(30-28-33)48-50-47(34-17-5-2-6-18-34)51-49(52-48)44-31-36-19-7-14-26-43(36)53-44/h1-31H. The van der Waals surface area contributed by atoms with Gasteiger partial charge in [0.05, 0.1) is 0 Å². The third kappa shape index (κ3) is 5.45. The van der Waals surface area contributed by atoms with Gasteiger partial charge in [-0.15, -0.1) is 0 Å². The molecule has 248 valence electrons. The van der Waals surface area contributed by atoms with E-state index in [0.29, 0.717) is 23.2 Å². The molecular weight excluding hydrogens is 647 g/mol. The van der Waals surface area contributed by atoms with E-state index < -0.39 is 0 Å². The molecule has 0 bridgehead atoms. The molecule has 0 unspecified atom stereocenters. The Morgan fingerprint density at radius 1 is 0.321 bits per heavy atom. The van der Waals surface area contributed by atoms with Crippen LogP contribution in [0, 0.1) is 0 Å². The van der Waals surface area contributed by atoms with Gasteiger partial charge in [-0.3, -0.25) is 0 Å². The fourth-order valence-corrected chi connectivity index (χ4v) is 7.51. The van der Waals surface area contributed by atoms with Crippen molar-refractivity contribution in [2.24, 2.45) is 0 Å². The van der Waals surface area contributed by atoms with Crippen molar-refractivity contribution >= 4 is 32.5 Å². The summed E-state index contributed by atoms with van der Waals surface area (Å²) in [4.78, 5) is 14.8. The van der Waals surface area contributed by atoms with Gasteiger partial charge in [0.1, 0.15) is 5.58 Å². The highest BCUT2D eigenvalue weighted by Crippen LogP contribution is 2.46. The van der Waals surface area contributed by atoms with Gasteiger partial charge in [-0.05, 0) is 67.1 Å². The van der Waals surface area contributed by atoms with Crippen molar-refractivity contribution in [3.8, 4) is 67.7 Å². The smallest absolute Gasteiger partial charge is 0.199 e. The normalized spacial score (nSPS) is 11.4. The maximum Gasteiger partial charge on any atom is 0.199 e. The number of hydrogen-bond donors (Lipinski definition) is 0. The van der Waals surface area contributed by atoms with Crippen molar-refractivity contribution in [2.45, 2.75) is 0 Å². The van der Waals surface area contributed by atoms with Crippen LogP contribution >= 0.6 is 0 Å². The lowest BCUT2D eigenvalue weighted by atomic mass is 9.84. The number of para-hydroxylation sites is 1. The van der Waals surface area contributed by atoms with Gasteiger partial charge in [0, 0.05) is 16.5 Å². The number of aromatic nitrogens is 3. The van der Waals surface area contributed by atoms with Gasteiger partial charge in [0.25, 0.3) is 0 Å². The minimum atomic E-state index is 0.498. The molecule has 0 aliphatic heterocycles. The Morgan fingerprint density at radius 3 is 1.40 bits per heavy atom. The van der Waals surface area contributed by atoms with Crippen LogP contribution in [0.5, 0.6) is 0 Å². The van der Waals surface area contributed by atoms with Crippen LogP contribution in [0.25, 0.3) is 100 Å². The summed E-state index contributed by atoms with van der Waals surface area (Å²) < 4.78 is 6.22. The molecule has 0 radical (unpaired) electrons. The van der Waals surface area contributed by atoms with Crippen LogP contribution in [-0.2, 0) is 0 Å². The lowest BCUT2D eigenvalue weighted by molar-refractivity contribution is 0.625. The average Bonchev–Trinajstić information content (AvgIpc) is 3.68. The van der Waals surface area contributed by atoms with E-state index in [9.17, 15) is 0 Å². The molecule has 53 heavy (non-hydrogen) atoms. The van der Waals surface area contributed by atoms with Crippen LogP contribution in [0.15, 0.2) is 192 Å². The van der Waals surface area contributed by atoms with Gasteiger partial charge in [0.15, 0.2) is 23.2 Å². The van der Waals surface area contributed by atoms with E-state index in [1.807, 2.05) is 60.7 Å². The molecule has 0 spiro atoms. The van der Waals surface area contributed by atoms with Crippen molar-refractivity contribution < 1.29 is 4.42 Å². The molecule has 2 heterocycles. The summed E-state index contributed by atoms with van der Waals surface area (Å²) in [5.74, 6) is 2.29. The molecule has 4 nitrogen and oxygen atoms in total. The van der Waals surface area contributed by atoms with E-state index in [2.05, 4.69) is 127 Å². The van der Waals surface area contributed by atoms with Crippen LogP contribution < -0.4 is 0 Å². The summed E-state index contributed by atoms with van der Waals surface area (Å²) >= 11 is 0. The number of furan rings is 1. The van der Waals surface area contributed by atoms with Gasteiger partial charge in [-0.1, -0.05) is 176 Å². The average molecular weight is 678 g/mol. The minimum Gasteiger partial charge on any atom is -0.453 e. The van der Waals surface area contributed by atoms with Crippen molar-refractivity contribution in [2.75, 3.05) is 0 Å². The molecular formula is C49H31N3O. The number of fused-ring (bicyclic) bond motifs is 3. The van der Waals surface area contributed by atoms with Gasteiger partial charge in [-0.2, -0.15) is 0 Å². The number of rotatable bonds is 6. The van der Waals surface area contributed by atoms with E-state index in [4.69, 9.17) is 19.4 Å². The first kappa shape index (κ1) is 30.6. The number of hydrogen-bond acceptors (Lipinski definition) is 4. The van der Waals surface area contributed by atoms with E-state index in [1.165, 1.54) is 49.4 Å². The quantitative estimate of drug-likeness (QED) is 0.164. The zero-order valence-corrected chi connectivity index (χ0v) is 28.6. The van der Waals surface area contributed by atoms with Gasteiger partial charge in [0.2, 0.25) is 0 Å². The molecule has 10 aromatic rings. The number of benzene rings is 8. The van der Waals surface area contributed by atoms with Gasteiger partial charge in [-0.25, -0.2) is 15.0 Å². The van der Waals surface area contributed by atoms with Crippen LogP contribution in [0.1, 0.15) is 0 Å². The van der Waals surface area contributed by atoms with Crippen LogP contribution in [0.3, 0.4) is 0 Å². The summed E-state index contributed by atoms with van der Waals surface area (Å²) in [7, 11) is 0. The fraction of sp³-hybridized carbons (Fsp3) is 0. The SMILES string of the molecule is c1ccc(-c2nc(-c3ccc(-c4c5ccccc5c(-c5ccccc5-c5ccccc5)c5ccccc45)cc3)nc(-c3cc4ccccc4o3)n2)cc1. The molecule has 2 aromatic heterocycles. The molecule has 0 aliphatic rings. The van der Waals surface area contributed by atoms with E-state index in [1.54, 1.807) is 0 Å². The topological polar surface area (TPSA) is 51.8 Å². The van der Waals surface area contributed by atoms with Crippen LogP contribution in [0.4, 0.5) is 0 Å². The zero-order chi connectivity index (χ0) is 35.1. The second-order valence-corrected chi connectivity index (χ2v) is 13.2. The van der Waals surface area contributed by atoms with Crippen LogP contribution in [0.2, 0.25) is 0 Å². The molecule has 0 N–H and O–H groups in total. The largest absolute Gasteiger partial charge is 0.453 e. The number of nitrogens with zero attached hydrogens (tertiary/aromatic N) is 3. The molecule has 0 amide bonds. The summed E-state index contributed by atoms with van der Waals surface area (Å²) in [6.07, 6.45) is 0. The van der Waals surface area contributed by atoms with Gasteiger partial charge < -0.3 is 4.42 Å². The Kier molecular flexibility index (Phi) is 7.43. The maximum atomic E-state index is 6.22. The van der Waals surface area contributed by atoms with Gasteiger partial charge >= 0.3 is 0 Å². The summed E-state index contributed by atoms with van der Waals surface area (Å²) in [5, 5.41) is 5.85. The van der Waals surface area contributed by atoms with Crippen molar-refractivity contribution in [3.63, 3.8) is 0 Å². The van der Waals surface area contributed by atoms with E-state index >= 15 is 0 Å². The van der Waals surface area contributed by atoms with Crippen LogP contribution in [-0.4, -0.2) is 15.0 Å². The highest BCUT2D eigenvalue weighted by Gasteiger charge is 2.20. The third-order valence-corrected chi connectivity index (χ3v) is 9.96. The highest BCUT2D eigenvalue weighted by molar-refractivity contribution is 6.22. The third-order valence-electron chi connectivity index (χ3n) is 9.96. The summed E-state index contributed by atoms with van der Waals surface area (Å²) in [5.41, 5.74) is 9.81. The predicted molar refractivity (Wildman–Crippen MR) is 217 cm³/mol. The Morgan fingerprint density at radius 2 is 0.774 bits per heavy atom.